The van der Waals surface area contributed by atoms with E-state index in [1.54, 1.807) is 30.3 Å². The smallest absolute Gasteiger partial charge is 0.349 e. The van der Waals surface area contributed by atoms with Crippen molar-refractivity contribution in [1.29, 1.82) is 0 Å². The second-order valence-electron chi connectivity index (χ2n) is 6.92. The Labute approximate surface area is 190 Å². The number of carbonyl (C=O) groups excluding carboxylic acids is 2. The highest BCUT2D eigenvalue weighted by atomic mass is 79.9. The molecule has 3 aromatic carbocycles. The third-order valence-corrected chi connectivity index (χ3v) is 5.38. The third-order valence-electron chi connectivity index (χ3n) is 4.49. The number of aryl methyl sites for hydroxylation is 2. The van der Waals surface area contributed by atoms with Crippen LogP contribution >= 0.6 is 15.9 Å². The summed E-state index contributed by atoms with van der Waals surface area (Å²) < 4.78 is 17.0. The van der Waals surface area contributed by atoms with Gasteiger partial charge in [-0.15, -0.1) is 0 Å². The van der Waals surface area contributed by atoms with E-state index in [2.05, 4.69) is 15.9 Å². The second kappa shape index (κ2) is 11.3. The molecule has 0 heterocycles. The summed E-state index contributed by atoms with van der Waals surface area (Å²) in [6.07, 6.45) is 1.61. The Morgan fingerprint density at radius 3 is 2.32 bits per heavy atom. The Balaban J connectivity index is 1.40. The predicted octanol–water partition coefficient (Wildman–Crippen LogP) is 5.53. The van der Waals surface area contributed by atoms with Crippen LogP contribution in [0, 0.1) is 6.92 Å². The van der Waals surface area contributed by atoms with Gasteiger partial charge in [0.1, 0.15) is 11.5 Å². The molecule has 5 nitrogen and oxygen atoms in total. The molecular weight excluding hydrogens is 460 g/mol. The molecule has 0 N–H and O–H groups in total. The molecule has 3 rings (SSSR count). The van der Waals surface area contributed by atoms with E-state index in [1.807, 2.05) is 49.4 Å². The minimum absolute atomic E-state index is 0.216. The average molecular weight is 483 g/mol. The maximum absolute atomic E-state index is 12.1. The van der Waals surface area contributed by atoms with Gasteiger partial charge in [0.05, 0.1) is 12.2 Å². The number of benzene rings is 3. The van der Waals surface area contributed by atoms with Crippen molar-refractivity contribution in [3.8, 4) is 11.5 Å². The molecule has 0 aliphatic rings. The van der Waals surface area contributed by atoms with E-state index in [1.165, 1.54) is 5.56 Å². The zero-order valence-electron chi connectivity index (χ0n) is 17.2. The highest BCUT2D eigenvalue weighted by Crippen LogP contribution is 2.21. The Morgan fingerprint density at radius 2 is 1.61 bits per heavy atom. The molecule has 0 amide bonds. The van der Waals surface area contributed by atoms with Crippen LogP contribution in [0.25, 0.3) is 0 Å². The third kappa shape index (κ3) is 7.26. The molecule has 0 aromatic heterocycles. The lowest BCUT2D eigenvalue weighted by atomic mass is 10.1. The summed E-state index contributed by atoms with van der Waals surface area (Å²) in [7, 11) is 0. The van der Waals surface area contributed by atoms with Crippen LogP contribution in [0.2, 0.25) is 0 Å². The monoisotopic (exact) mass is 482 g/mol. The lowest BCUT2D eigenvalue weighted by molar-refractivity contribution is -0.136. The summed E-state index contributed by atoms with van der Waals surface area (Å²) in [5, 5.41) is 0. The Bertz CT molecular complexity index is 1020. The first-order valence-corrected chi connectivity index (χ1v) is 10.7. The number of halogens is 1. The van der Waals surface area contributed by atoms with Crippen LogP contribution in [-0.4, -0.2) is 25.2 Å². The van der Waals surface area contributed by atoms with Gasteiger partial charge in [-0.05, 0) is 73.4 Å². The molecule has 0 radical (unpaired) electrons. The molecular formula is C25H23BrO5. The van der Waals surface area contributed by atoms with Crippen molar-refractivity contribution < 1.29 is 23.8 Å². The van der Waals surface area contributed by atoms with E-state index in [-0.39, 0.29) is 6.61 Å². The summed E-state index contributed by atoms with van der Waals surface area (Å²) in [4.78, 5) is 24.1. The van der Waals surface area contributed by atoms with Crippen molar-refractivity contribution in [3.63, 3.8) is 0 Å². The molecule has 3 aromatic rings. The van der Waals surface area contributed by atoms with Crippen molar-refractivity contribution in [2.24, 2.45) is 0 Å². The molecule has 0 unspecified atom stereocenters. The molecule has 0 fully saturated rings. The van der Waals surface area contributed by atoms with Crippen molar-refractivity contribution in [2.45, 2.75) is 19.8 Å². The topological polar surface area (TPSA) is 61.8 Å². The standard InChI is InChI=1S/C25H23BrO5/c1-18-16-22(13-14-23(18)26)30-17-24(27)31-21-11-9-20(10-12-21)25(28)29-15-5-8-19-6-3-2-4-7-19/h2-4,6-7,9-14,16H,5,8,15,17H2,1H3. The lowest BCUT2D eigenvalue weighted by Crippen LogP contribution is -2.17. The number of ether oxygens (including phenoxy) is 3. The summed E-state index contributed by atoms with van der Waals surface area (Å²) in [5.74, 6) is -0.0130. The lowest BCUT2D eigenvalue weighted by Gasteiger charge is -2.09. The minimum Gasteiger partial charge on any atom is -0.482 e. The van der Waals surface area contributed by atoms with Crippen LogP contribution in [0.4, 0.5) is 0 Å². The van der Waals surface area contributed by atoms with E-state index < -0.39 is 11.9 Å². The van der Waals surface area contributed by atoms with Gasteiger partial charge in [0.2, 0.25) is 0 Å². The number of rotatable bonds is 9. The Kier molecular flexibility index (Phi) is 8.24. The molecule has 0 saturated carbocycles. The van der Waals surface area contributed by atoms with E-state index in [0.29, 0.717) is 23.7 Å². The quantitative estimate of drug-likeness (QED) is 0.228. The van der Waals surface area contributed by atoms with Crippen LogP contribution < -0.4 is 9.47 Å². The van der Waals surface area contributed by atoms with Crippen LogP contribution in [0.1, 0.15) is 27.9 Å². The molecule has 0 spiro atoms. The van der Waals surface area contributed by atoms with Gasteiger partial charge < -0.3 is 14.2 Å². The van der Waals surface area contributed by atoms with Gasteiger partial charge in [-0.1, -0.05) is 46.3 Å². The van der Waals surface area contributed by atoms with E-state index in [4.69, 9.17) is 14.2 Å². The normalized spacial score (nSPS) is 10.4. The number of hydrogen-bond acceptors (Lipinski definition) is 5. The second-order valence-corrected chi connectivity index (χ2v) is 7.78. The van der Waals surface area contributed by atoms with Gasteiger partial charge in [-0.25, -0.2) is 9.59 Å². The number of hydrogen-bond donors (Lipinski definition) is 0. The molecule has 0 atom stereocenters. The van der Waals surface area contributed by atoms with Crippen LogP contribution in [-0.2, 0) is 16.0 Å². The first-order chi connectivity index (χ1) is 15.0. The number of esters is 2. The van der Waals surface area contributed by atoms with Gasteiger partial charge in [-0.2, -0.15) is 0 Å². The van der Waals surface area contributed by atoms with Gasteiger partial charge in [-0.3, -0.25) is 0 Å². The maximum atomic E-state index is 12.1. The van der Waals surface area contributed by atoms with Gasteiger partial charge in [0, 0.05) is 4.47 Å². The fourth-order valence-electron chi connectivity index (χ4n) is 2.84. The highest BCUT2D eigenvalue weighted by Gasteiger charge is 2.10. The molecule has 31 heavy (non-hydrogen) atoms. The fourth-order valence-corrected chi connectivity index (χ4v) is 3.08. The average Bonchev–Trinajstić information content (AvgIpc) is 2.78. The Morgan fingerprint density at radius 1 is 0.903 bits per heavy atom. The summed E-state index contributed by atoms with van der Waals surface area (Å²) in [6.45, 7) is 2.06. The van der Waals surface area contributed by atoms with Crippen molar-refractivity contribution in [1.82, 2.24) is 0 Å². The molecule has 0 bridgehead atoms. The molecule has 0 aliphatic heterocycles. The van der Waals surface area contributed by atoms with Crippen LogP contribution in [0.15, 0.2) is 77.3 Å². The first kappa shape index (κ1) is 22.6. The van der Waals surface area contributed by atoms with Gasteiger partial charge in [0.25, 0.3) is 0 Å². The van der Waals surface area contributed by atoms with Gasteiger partial charge >= 0.3 is 11.9 Å². The zero-order valence-corrected chi connectivity index (χ0v) is 18.8. The largest absolute Gasteiger partial charge is 0.482 e. The van der Waals surface area contributed by atoms with E-state index in [9.17, 15) is 9.59 Å². The van der Waals surface area contributed by atoms with E-state index >= 15 is 0 Å². The highest BCUT2D eigenvalue weighted by molar-refractivity contribution is 9.10. The van der Waals surface area contributed by atoms with Crippen molar-refractivity contribution in [2.75, 3.05) is 13.2 Å². The summed E-state index contributed by atoms with van der Waals surface area (Å²) >= 11 is 3.42. The molecule has 160 valence electrons. The zero-order chi connectivity index (χ0) is 22.1. The van der Waals surface area contributed by atoms with Crippen molar-refractivity contribution >= 4 is 27.9 Å². The van der Waals surface area contributed by atoms with Crippen LogP contribution in [0.5, 0.6) is 11.5 Å². The van der Waals surface area contributed by atoms with Crippen molar-refractivity contribution in [3.05, 3.63) is 94.0 Å². The summed E-state index contributed by atoms with van der Waals surface area (Å²) in [5.41, 5.74) is 2.62. The molecule has 6 heteroatoms. The predicted molar refractivity (Wildman–Crippen MR) is 121 cm³/mol. The van der Waals surface area contributed by atoms with Crippen LogP contribution in [0.3, 0.4) is 0 Å². The first-order valence-electron chi connectivity index (χ1n) is 9.92. The molecule has 0 saturated heterocycles. The number of carbonyl (C=O) groups is 2. The van der Waals surface area contributed by atoms with E-state index in [0.717, 1.165) is 22.9 Å². The SMILES string of the molecule is Cc1cc(OCC(=O)Oc2ccc(C(=O)OCCCc3ccccc3)cc2)ccc1Br. The summed E-state index contributed by atoms with van der Waals surface area (Å²) in [6, 6.07) is 21.8. The minimum atomic E-state index is -0.531. The van der Waals surface area contributed by atoms with Gasteiger partial charge in [0.15, 0.2) is 6.61 Å². The maximum Gasteiger partial charge on any atom is 0.349 e. The Hall–Kier alpha value is -3.12. The fraction of sp³-hybridized carbons (Fsp3) is 0.200. The molecule has 0 aliphatic carbocycles.